The Labute approximate surface area is 135 Å². The van der Waals surface area contributed by atoms with Crippen molar-refractivity contribution in [1.29, 1.82) is 0 Å². The monoisotopic (exact) mass is 312 g/mol. The van der Waals surface area contributed by atoms with Gasteiger partial charge in [-0.1, -0.05) is 27.2 Å². The second-order valence-corrected chi connectivity index (χ2v) is 8.33. The molecule has 0 spiro atoms. The molecule has 0 radical (unpaired) electrons. The second-order valence-electron chi connectivity index (χ2n) is 8.33. The van der Waals surface area contributed by atoms with Gasteiger partial charge in [0.05, 0.1) is 13.6 Å². The Kier molecular flexibility index (Phi) is 5.89. The average Bonchev–Trinajstić information content (AvgIpc) is 2.36. The predicted octanol–water partition coefficient (Wildman–Crippen LogP) is 2.59. The van der Waals surface area contributed by atoms with E-state index in [-0.39, 0.29) is 18.2 Å². The number of aliphatic hydroxyl groups is 1. The Balaban J connectivity index is 1.91. The number of ether oxygens (including phenoxy) is 1. The van der Waals surface area contributed by atoms with Crippen molar-refractivity contribution in [3.8, 4) is 0 Å². The van der Waals surface area contributed by atoms with Crippen LogP contribution in [0.25, 0.3) is 0 Å². The summed E-state index contributed by atoms with van der Waals surface area (Å²) in [6, 6.07) is 0. The lowest BCUT2D eigenvalue weighted by molar-refractivity contribution is -0.910. The van der Waals surface area contributed by atoms with Crippen LogP contribution in [0.2, 0.25) is 0 Å². The van der Waals surface area contributed by atoms with E-state index in [1.807, 2.05) is 0 Å². The summed E-state index contributed by atoms with van der Waals surface area (Å²) in [5, 5.41) is 9.86. The highest BCUT2D eigenvalue weighted by Gasteiger charge is 2.37. The molecule has 0 amide bonds. The first-order chi connectivity index (χ1) is 10.3. The Morgan fingerprint density at radius 1 is 1.32 bits per heavy atom. The van der Waals surface area contributed by atoms with Gasteiger partial charge in [0, 0.05) is 0 Å². The summed E-state index contributed by atoms with van der Waals surface area (Å²) in [5.41, 5.74) is 0. The molecule has 1 saturated carbocycles. The molecule has 0 aromatic heterocycles. The van der Waals surface area contributed by atoms with Gasteiger partial charge in [-0.2, -0.15) is 0 Å². The molecule has 0 aromatic carbocycles. The quantitative estimate of drug-likeness (QED) is 0.641. The van der Waals surface area contributed by atoms with Crippen LogP contribution in [0.1, 0.15) is 52.9 Å². The molecule has 1 saturated heterocycles. The molecule has 4 nitrogen and oxygen atoms in total. The molecule has 1 aliphatic heterocycles. The molecule has 5 atom stereocenters. The highest BCUT2D eigenvalue weighted by Crippen LogP contribution is 2.35. The number of hydrogen-bond acceptors (Lipinski definition) is 3. The number of piperidine rings is 1. The van der Waals surface area contributed by atoms with Crippen LogP contribution in [0.5, 0.6) is 0 Å². The highest BCUT2D eigenvalue weighted by molar-refractivity contribution is 5.70. The zero-order valence-electron chi connectivity index (χ0n) is 14.8. The van der Waals surface area contributed by atoms with E-state index in [0.29, 0.717) is 35.3 Å². The molecule has 2 rings (SSSR count). The van der Waals surface area contributed by atoms with Crippen LogP contribution >= 0.6 is 0 Å². The zero-order valence-corrected chi connectivity index (χ0v) is 14.8. The molecule has 22 heavy (non-hydrogen) atoms. The van der Waals surface area contributed by atoms with E-state index in [4.69, 9.17) is 4.74 Å². The third-order valence-electron chi connectivity index (χ3n) is 5.64. The van der Waals surface area contributed by atoms with Gasteiger partial charge in [0.1, 0.15) is 18.8 Å². The number of carbonyl (C=O) groups is 1. The van der Waals surface area contributed by atoms with Crippen molar-refractivity contribution in [2.24, 2.45) is 17.8 Å². The Morgan fingerprint density at radius 3 is 2.68 bits per heavy atom. The van der Waals surface area contributed by atoms with Crippen molar-refractivity contribution in [3.05, 3.63) is 0 Å². The fourth-order valence-corrected chi connectivity index (χ4v) is 4.31. The van der Waals surface area contributed by atoms with Gasteiger partial charge in [-0.15, -0.1) is 0 Å². The molecule has 0 aromatic rings. The van der Waals surface area contributed by atoms with Crippen LogP contribution in [-0.4, -0.2) is 54.4 Å². The summed E-state index contributed by atoms with van der Waals surface area (Å²) in [5.74, 6) is 1.63. The van der Waals surface area contributed by atoms with Gasteiger partial charge in [-0.25, -0.2) is 4.79 Å². The lowest BCUT2D eigenvalue weighted by atomic mass is 9.75. The number of nitrogens with zero attached hydrogens (tertiary/aromatic N) is 1. The van der Waals surface area contributed by atoms with Crippen LogP contribution in [0.3, 0.4) is 0 Å². The van der Waals surface area contributed by atoms with E-state index in [1.54, 1.807) is 0 Å². The van der Waals surface area contributed by atoms with Crippen molar-refractivity contribution in [2.45, 2.75) is 65.1 Å². The minimum absolute atomic E-state index is 0.0811. The first-order valence-corrected chi connectivity index (χ1v) is 9.00. The SMILES string of the molecule is CC1CCC(C(C)C)C(OC(=O)C[N+]2(C)CCCC(O)C2)C1. The van der Waals surface area contributed by atoms with Gasteiger partial charge < -0.3 is 14.3 Å². The molecule has 1 heterocycles. The number of likely N-dealkylation sites (tertiary alicyclic amines) is 1. The van der Waals surface area contributed by atoms with Crippen molar-refractivity contribution in [3.63, 3.8) is 0 Å². The summed E-state index contributed by atoms with van der Waals surface area (Å²) >= 11 is 0. The average molecular weight is 312 g/mol. The largest absolute Gasteiger partial charge is 0.458 e. The summed E-state index contributed by atoms with van der Waals surface area (Å²) in [6.07, 6.45) is 5.07. The highest BCUT2D eigenvalue weighted by atomic mass is 16.5. The smallest absolute Gasteiger partial charge is 0.362 e. The topological polar surface area (TPSA) is 46.5 Å². The normalized spacial score (nSPS) is 39.7. The molecule has 1 aliphatic carbocycles. The van der Waals surface area contributed by atoms with Crippen molar-refractivity contribution >= 4 is 5.97 Å². The first-order valence-electron chi connectivity index (χ1n) is 9.00. The number of quaternary nitrogens is 1. The van der Waals surface area contributed by atoms with Gasteiger partial charge >= 0.3 is 5.97 Å². The third kappa shape index (κ3) is 4.69. The van der Waals surface area contributed by atoms with Gasteiger partial charge in [0.2, 0.25) is 0 Å². The fourth-order valence-electron chi connectivity index (χ4n) is 4.31. The molecule has 1 N–H and O–H groups in total. The summed E-state index contributed by atoms with van der Waals surface area (Å²) in [7, 11) is 2.06. The lowest BCUT2D eigenvalue weighted by Crippen LogP contribution is -2.55. The Morgan fingerprint density at radius 2 is 2.05 bits per heavy atom. The summed E-state index contributed by atoms with van der Waals surface area (Å²) in [4.78, 5) is 12.4. The Bertz CT molecular complexity index is 385. The van der Waals surface area contributed by atoms with E-state index < -0.39 is 0 Å². The number of carbonyl (C=O) groups excluding carboxylic acids is 1. The van der Waals surface area contributed by atoms with Crippen LogP contribution < -0.4 is 0 Å². The predicted molar refractivity (Wildman–Crippen MR) is 87.2 cm³/mol. The van der Waals surface area contributed by atoms with E-state index in [9.17, 15) is 9.90 Å². The van der Waals surface area contributed by atoms with E-state index in [2.05, 4.69) is 27.8 Å². The lowest BCUT2D eigenvalue weighted by Gasteiger charge is -2.40. The summed E-state index contributed by atoms with van der Waals surface area (Å²) in [6.45, 7) is 8.75. The fraction of sp³-hybridized carbons (Fsp3) is 0.944. The minimum atomic E-state index is -0.273. The standard InChI is InChI=1S/C18H34NO3/c1-13(2)16-8-7-14(3)10-17(16)22-18(21)12-19(4)9-5-6-15(20)11-19/h13-17,20H,5-12H2,1-4H3/q+1. The van der Waals surface area contributed by atoms with Crippen molar-refractivity contribution in [1.82, 2.24) is 0 Å². The molecular formula is C18H34NO3+. The maximum atomic E-state index is 12.4. The van der Waals surface area contributed by atoms with E-state index >= 15 is 0 Å². The molecule has 5 unspecified atom stereocenters. The summed E-state index contributed by atoms with van der Waals surface area (Å²) < 4.78 is 6.52. The van der Waals surface area contributed by atoms with Crippen molar-refractivity contribution < 1.29 is 19.1 Å². The molecular weight excluding hydrogens is 278 g/mol. The van der Waals surface area contributed by atoms with Crippen LogP contribution in [0.15, 0.2) is 0 Å². The zero-order chi connectivity index (χ0) is 16.3. The third-order valence-corrected chi connectivity index (χ3v) is 5.64. The van der Waals surface area contributed by atoms with Gasteiger partial charge in [-0.3, -0.25) is 0 Å². The Hall–Kier alpha value is -0.610. The number of hydrogen-bond donors (Lipinski definition) is 1. The number of likely N-dealkylation sites (N-methyl/N-ethyl adjacent to an activating group) is 1. The van der Waals surface area contributed by atoms with Gasteiger partial charge in [0.15, 0.2) is 6.54 Å². The number of esters is 1. The second kappa shape index (κ2) is 7.31. The minimum Gasteiger partial charge on any atom is -0.458 e. The van der Waals surface area contributed by atoms with E-state index in [1.165, 1.54) is 12.8 Å². The van der Waals surface area contributed by atoms with Crippen LogP contribution in [0, 0.1) is 17.8 Å². The molecule has 0 bridgehead atoms. The van der Waals surface area contributed by atoms with Gasteiger partial charge in [-0.05, 0) is 43.4 Å². The first kappa shape index (κ1) is 17.7. The molecule has 2 aliphatic rings. The van der Waals surface area contributed by atoms with Crippen LogP contribution in [-0.2, 0) is 9.53 Å². The molecule has 128 valence electrons. The molecule has 2 fully saturated rings. The number of aliphatic hydroxyl groups excluding tert-OH is 1. The maximum Gasteiger partial charge on any atom is 0.362 e. The van der Waals surface area contributed by atoms with Crippen LogP contribution in [0.4, 0.5) is 0 Å². The maximum absolute atomic E-state index is 12.4. The van der Waals surface area contributed by atoms with Gasteiger partial charge in [0.25, 0.3) is 0 Å². The number of rotatable bonds is 4. The molecule has 4 heteroatoms. The van der Waals surface area contributed by atoms with E-state index in [0.717, 1.165) is 25.8 Å². The van der Waals surface area contributed by atoms with Crippen molar-refractivity contribution in [2.75, 3.05) is 26.7 Å².